The number of para-hydroxylation sites is 2. The Morgan fingerprint density at radius 3 is 2.22 bits per heavy atom. The number of benzene rings is 3. The summed E-state index contributed by atoms with van der Waals surface area (Å²) in [5, 5.41) is 4.37. The van der Waals surface area contributed by atoms with Crippen LogP contribution in [0.5, 0.6) is 0 Å². The molecule has 0 saturated heterocycles. The highest BCUT2D eigenvalue weighted by Gasteiger charge is 2.09. The topological polar surface area (TPSA) is 50.2 Å². The van der Waals surface area contributed by atoms with Crippen LogP contribution in [-0.4, -0.2) is 16.2 Å². The van der Waals surface area contributed by atoms with E-state index in [9.17, 15) is 0 Å². The van der Waals surface area contributed by atoms with Crippen LogP contribution in [0.2, 0.25) is 0 Å². The summed E-state index contributed by atoms with van der Waals surface area (Å²) >= 11 is 0. The molecule has 0 bridgehead atoms. The molecule has 0 radical (unpaired) electrons. The van der Waals surface area contributed by atoms with Crippen molar-refractivity contribution in [3.63, 3.8) is 0 Å². The third kappa shape index (κ3) is 4.18. The molecule has 3 aromatic carbocycles. The number of rotatable bonds is 5. The Hall–Kier alpha value is -3.53. The van der Waals surface area contributed by atoms with Gasteiger partial charge < -0.3 is 0 Å². The van der Waals surface area contributed by atoms with E-state index in [1.165, 1.54) is 11.1 Å². The number of nitrogens with zero attached hydrogens (tertiary/aromatic N) is 3. The fourth-order valence-electron chi connectivity index (χ4n) is 2.86. The second-order valence-electron chi connectivity index (χ2n) is 6.45. The van der Waals surface area contributed by atoms with Crippen LogP contribution in [-0.2, 0) is 6.42 Å². The summed E-state index contributed by atoms with van der Waals surface area (Å²) in [4.78, 5) is 9.54. The molecule has 0 unspecified atom stereocenters. The van der Waals surface area contributed by atoms with Gasteiger partial charge in [-0.1, -0.05) is 72.3 Å². The van der Waals surface area contributed by atoms with Gasteiger partial charge in [0, 0.05) is 6.42 Å². The first-order valence-electron chi connectivity index (χ1n) is 8.93. The first-order chi connectivity index (χ1) is 13.3. The normalized spacial score (nSPS) is 11.1. The summed E-state index contributed by atoms with van der Waals surface area (Å²) in [7, 11) is 0. The second-order valence-corrected chi connectivity index (χ2v) is 6.45. The summed E-state index contributed by atoms with van der Waals surface area (Å²) in [5.41, 5.74) is 9.14. The van der Waals surface area contributed by atoms with E-state index in [1.807, 2.05) is 54.6 Å². The highest BCUT2D eigenvalue weighted by molar-refractivity contribution is 5.81. The Morgan fingerprint density at radius 1 is 0.815 bits per heavy atom. The van der Waals surface area contributed by atoms with E-state index >= 15 is 0 Å². The standard InChI is InChI=1S/C23H20N4/c1-17-11-13-19(14-12-17)16-24-27-23-22(15-18-7-3-2-4-8-18)25-20-9-5-6-10-21(20)26-23/h2-14,16H,15H2,1H3,(H,26,27)/b24-16-. The highest BCUT2D eigenvalue weighted by Crippen LogP contribution is 2.20. The van der Waals surface area contributed by atoms with E-state index in [2.05, 4.69) is 41.7 Å². The number of aromatic nitrogens is 2. The van der Waals surface area contributed by atoms with E-state index in [1.54, 1.807) is 6.21 Å². The Morgan fingerprint density at radius 2 is 1.48 bits per heavy atom. The Bertz CT molecular complexity index is 1070. The summed E-state index contributed by atoms with van der Waals surface area (Å²) < 4.78 is 0. The van der Waals surface area contributed by atoms with Crippen molar-refractivity contribution in [2.24, 2.45) is 5.10 Å². The van der Waals surface area contributed by atoms with Crippen LogP contribution in [0.1, 0.15) is 22.4 Å². The van der Waals surface area contributed by atoms with Gasteiger partial charge in [0.15, 0.2) is 5.82 Å². The zero-order chi connectivity index (χ0) is 18.5. The lowest BCUT2D eigenvalue weighted by atomic mass is 10.1. The van der Waals surface area contributed by atoms with Gasteiger partial charge >= 0.3 is 0 Å². The molecule has 27 heavy (non-hydrogen) atoms. The van der Waals surface area contributed by atoms with E-state index in [0.29, 0.717) is 12.2 Å². The maximum atomic E-state index is 4.81. The van der Waals surface area contributed by atoms with Crippen molar-refractivity contribution >= 4 is 23.1 Å². The minimum Gasteiger partial charge on any atom is -0.260 e. The molecule has 1 aromatic heterocycles. The van der Waals surface area contributed by atoms with Gasteiger partial charge in [-0.15, -0.1) is 0 Å². The maximum Gasteiger partial charge on any atom is 0.169 e. The highest BCUT2D eigenvalue weighted by atomic mass is 15.3. The molecule has 0 atom stereocenters. The molecular weight excluding hydrogens is 332 g/mol. The number of anilines is 1. The van der Waals surface area contributed by atoms with Gasteiger partial charge in [-0.25, -0.2) is 9.97 Å². The lowest BCUT2D eigenvalue weighted by Gasteiger charge is -2.09. The molecule has 0 amide bonds. The predicted octanol–water partition coefficient (Wildman–Crippen LogP) is 4.98. The molecule has 1 heterocycles. The summed E-state index contributed by atoms with van der Waals surface area (Å²) in [6, 6.07) is 26.4. The SMILES string of the molecule is Cc1ccc(/C=N\Nc2nc3ccccc3nc2Cc2ccccc2)cc1. The van der Waals surface area contributed by atoms with Crippen LogP contribution >= 0.6 is 0 Å². The van der Waals surface area contributed by atoms with Gasteiger partial charge in [-0.3, -0.25) is 5.43 Å². The fraction of sp³-hybridized carbons (Fsp3) is 0.0870. The molecule has 0 aliphatic rings. The number of hydrazone groups is 1. The van der Waals surface area contributed by atoms with Crippen molar-refractivity contribution in [1.82, 2.24) is 9.97 Å². The van der Waals surface area contributed by atoms with Crippen LogP contribution < -0.4 is 5.43 Å². The molecule has 0 fully saturated rings. The first kappa shape index (κ1) is 16.9. The van der Waals surface area contributed by atoms with Crippen molar-refractivity contribution in [2.45, 2.75) is 13.3 Å². The van der Waals surface area contributed by atoms with Crippen molar-refractivity contribution in [2.75, 3.05) is 5.43 Å². The zero-order valence-electron chi connectivity index (χ0n) is 15.1. The van der Waals surface area contributed by atoms with Gasteiger partial charge in [0.1, 0.15) is 0 Å². The van der Waals surface area contributed by atoms with Crippen molar-refractivity contribution in [1.29, 1.82) is 0 Å². The molecule has 0 aliphatic carbocycles. The van der Waals surface area contributed by atoms with Gasteiger partial charge in [0.2, 0.25) is 0 Å². The van der Waals surface area contributed by atoms with E-state index in [4.69, 9.17) is 9.97 Å². The number of nitrogens with one attached hydrogen (secondary N) is 1. The van der Waals surface area contributed by atoms with Crippen LogP contribution in [0.25, 0.3) is 11.0 Å². The third-order valence-electron chi connectivity index (χ3n) is 4.32. The van der Waals surface area contributed by atoms with Crippen LogP contribution in [0.3, 0.4) is 0 Å². The number of aryl methyl sites for hydroxylation is 1. The van der Waals surface area contributed by atoms with Gasteiger partial charge in [0.05, 0.1) is 22.9 Å². The fourth-order valence-corrected chi connectivity index (χ4v) is 2.86. The molecular formula is C23H20N4. The molecule has 4 rings (SSSR count). The average Bonchev–Trinajstić information content (AvgIpc) is 2.70. The number of hydrogen-bond donors (Lipinski definition) is 1. The minimum absolute atomic E-state index is 0.681. The molecule has 4 nitrogen and oxygen atoms in total. The zero-order valence-corrected chi connectivity index (χ0v) is 15.1. The van der Waals surface area contributed by atoms with Crippen molar-refractivity contribution in [3.05, 3.63) is 101 Å². The minimum atomic E-state index is 0.681. The summed E-state index contributed by atoms with van der Waals surface area (Å²) in [5.74, 6) is 0.681. The van der Waals surface area contributed by atoms with E-state index < -0.39 is 0 Å². The Kier molecular flexibility index (Phi) is 4.88. The summed E-state index contributed by atoms with van der Waals surface area (Å²) in [6.07, 6.45) is 2.49. The molecule has 0 spiro atoms. The monoisotopic (exact) mass is 352 g/mol. The molecule has 132 valence electrons. The van der Waals surface area contributed by atoms with Crippen molar-refractivity contribution in [3.8, 4) is 0 Å². The number of fused-ring (bicyclic) bond motifs is 1. The van der Waals surface area contributed by atoms with Crippen LogP contribution in [0, 0.1) is 6.92 Å². The quantitative estimate of drug-likeness (QED) is 0.407. The van der Waals surface area contributed by atoms with Crippen LogP contribution in [0.15, 0.2) is 84.0 Å². The van der Waals surface area contributed by atoms with Gasteiger partial charge in [-0.05, 0) is 30.2 Å². The molecule has 0 saturated carbocycles. The Labute approximate surface area is 158 Å². The second kappa shape index (κ2) is 7.79. The van der Waals surface area contributed by atoms with Gasteiger partial charge in [-0.2, -0.15) is 5.10 Å². The van der Waals surface area contributed by atoms with Crippen LogP contribution in [0.4, 0.5) is 5.82 Å². The molecule has 1 N–H and O–H groups in total. The predicted molar refractivity (Wildman–Crippen MR) is 111 cm³/mol. The molecule has 0 aliphatic heterocycles. The largest absolute Gasteiger partial charge is 0.260 e. The lowest BCUT2D eigenvalue weighted by molar-refractivity contribution is 1.06. The lowest BCUT2D eigenvalue weighted by Crippen LogP contribution is -2.03. The Balaban J connectivity index is 1.64. The van der Waals surface area contributed by atoms with E-state index in [-0.39, 0.29) is 0 Å². The maximum absolute atomic E-state index is 4.81. The smallest absolute Gasteiger partial charge is 0.169 e. The van der Waals surface area contributed by atoms with Crippen molar-refractivity contribution < 1.29 is 0 Å². The molecule has 4 aromatic rings. The third-order valence-corrected chi connectivity index (χ3v) is 4.32. The molecule has 4 heteroatoms. The summed E-state index contributed by atoms with van der Waals surface area (Å²) in [6.45, 7) is 2.07. The first-order valence-corrected chi connectivity index (χ1v) is 8.93. The van der Waals surface area contributed by atoms with E-state index in [0.717, 1.165) is 22.3 Å². The number of hydrogen-bond acceptors (Lipinski definition) is 4. The van der Waals surface area contributed by atoms with Gasteiger partial charge in [0.25, 0.3) is 0 Å². The average molecular weight is 352 g/mol.